The second-order valence-corrected chi connectivity index (χ2v) is 4.43. The smallest absolute Gasteiger partial charge is 0.119 e. The molecule has 1 aromatic carbocycles. The van der Waals surface area contributed by atoms with Crippen LogP contribution in [-0.2, 0) is 15.9 Å². The second-order valence-electron chi connectivity index (χ2n) is 4.43. The summed E-state index contributed by atoms with van der Waals surface area (Å²) in [6.45, 7) is 4.30. The van der Waals surface area contributed by atoms with E-state index in [4.69, 9.17) is 14.2 Å². The fourth-order valence-electron chi connectivity index (χ4n) is 1.60. The first kappa shape index (κ1) is 13.3. The van der Waals surface area contributed by atoms with E-state index in [-0.39, 0.29) is 0 Å². The Morgan fingerprint density at radius 2 is 2.06 bits per heavy atom. The third-order valence-electron chi connectivity index (χ3n) is 2.59. The maximum Gasteiger partial charge on any atom is 0.119 e. The van der Waals surface area contributed by atoms with Crippen molar-refractivity contribution in [3.8, 4) is 5.75 Å². The molecule has 1 radical (unpaired) electrons. The first-order valence-electron chi connectivity index (χ1n) is 6.16. The number of benzene rings is 1. The average Bonchev–Trinajstić information content (AvgIpc) is 3.14. The van der Waals surface area contributed by atoms with E-state index in [2.05, 4.69) is 0 Å². The van der Waals surface area contributed by atoms with Crippen LogP contribution in [0.1, 0.15) is 12.5 Å². The van der Waals surface area contributed by atoms with Gasteiger partial charge in [-0.15, -0.1) is 0 Å². The van der Waals surface area contributed by atoms with Gasteiger partial charge in [-0.1, -0.05) is 12.1 Å². The molecule has 4 nitrogen and oxygen atoms in total. The monoisotopic (exact) mass is 251 g/mol. The molecule has 1 fully saturated rings. The van der Waals surface area contributed by atoms with Gasteiger partial charge >= 0.3 is 0 Å². The lowest BCUT2D eigenvalue weighted by Crippen LogP contribution is -2.10. The van der Waals surface area contributed by atoms with E-state index in [1.807, 2.05) is 24.3 Å². The summed E-state index contributed by atoms with van der Waals surface area (Å²) in [6, 6.07) is 7.71. The number of epoxide rings is 1. The molecular formula is C14H19O4. The molecule has 1 N–H and O–H groups in total. The van der Waals surface area contributed by atoms with Gasteiger partial charge in [-0.25, -0.2) is 0 Å². The molecule has 0 aliphatic carbocycles. The predicted octanol–water partition coefficient (Wildman–Crippen LogP) is 1.95. The molecule has 1 unspecified atom stereocenters. The molecule has 0 bridgehead atoms. The highest BCUT2D eigenvalue weighted by molar-refractivity contribution is 5.28. The summed E-state index contributed by atoms with van der Waals surface area (Å²) in [6.07, 6.45) is 1.31. The number of aliphatic hydroxyl groups excluding tert-OH is 1. The van der Waals surface area contributed by atoms with Crippen LogP contribution in [0.25, 0.3) is 0 Å². The summed E-state index contributed by atoms with van der Waals surface area (Å²) in [5.41, 5.74) is 1.07. The van der Waals surface area contributed by atoms with Crippen LogP contribution in [0.3, 0.4) is 0 Å². The molecule has 0 amide bonds. The maximum atomic E-state index is 9.18. The Morgan fingerprint density at radius 1 is 1.33 bits per heavy atom. The quantitative estimate of drug-likeness (QED) is 0.566. The van der Waals surface area contributed by atoms with Gasteiger partial charge in [0, 0.05) is 6.42 Å². The number of hydrogen-bond acceptors (Lipinski definition) is 4. The van der Waals surface area contributed by atoms with E-state index >= 15 is 0 Å². The van der Waals surface area contributed by atoms with Crippen LogP contribution in [0.4, 0.5) is 0 Å². The minimum Gasteiger partial charge on any atom is -0.491 e. The summed E-state index contributed by atoms with van der Waals surface area (Å²) in [7, 11) is 0. The van der Waals surface area contributed by atoms with E-state index in [9.17, 15) is 5.11 Å². The van der Waals surface area contributed by atoms with Gasteiger partial charge in [-0.05, 0) is 24.6 Å². The first-order chi connectivity index (χ1) is 8.74. The van der Waals surface area contributed by atoms with Crippen molar-refractivity contribution < 1.29 is 19.3 Å². The van der Waals surface area contributed by atoms with Gasteiger partial charge in [0.05, 0.1) is 25.9 Å². The predicted molar refractivity (Wildman–Crippen MR) is 67.1 cm³/mol. The van der Waals surface area contributed by atoms with Crippen LogP contribution in [0.2, 0.25) is 0 Å². The first-order valence-corrected chi connectivity index (χ1v) is 6.16. The van der Waals surface area contributed by atoms with Crippen molar-refractivity contribution in [3.05, 3.63) is 35.9 Å². The van der Waals surface area contributed by atoms with Crippen LogP contribution in [0, 0.1) is 6.10 Å². The van der Waals surface area contributed by atoms with Gasteiger partial charge in [0.15, 0.2) is 0 Å². The molecule has 1 aromatic rings. The van der Waals surface area contributed by atoms with Gasteiger partial charge in [0.2, 0.25) is 0 Å². The lowest BCUT2D eigenvalue weighted by atomic mass is 10.1. The molecule has 1 aliphatic rings. The molecule has 2 rings (SSSR count). The summed E-state index contributed by atoms with van der Waals surface area (Å²) in [4.78, 5) is 0. The van der Waals surface area contributed by atoms with Crippen molar-refractivity contribution >= 4 is 0 Å². The van der Waals surface area contributed by atoms with E-state index in [1.165, 1.54) is 0 Å². The number of ether oxygens (including phenoxy) is 3. The minimum absolute atomic E-state index is 0.308. The molecule has 99 valence electrons. The molecule has 0 aromatic heterocycles. The van der Waals surface area contributed by atoms with Crippen LogP contribution in [0.15, 0.2) is 24.3 Å². The highest BCUT2D eigenvalue weighted by Crippen LogP contribution is 2.15. The number of rotatable bonds is 8. The molecule has 1 atom stereocenters. The Labute approximate surface area is 107 Å². The van der Waals surface area contributed by atoms with Crippen LogP contribution >= 0.6 is 0 Å². The molecule has 4 heteroatoms. The van der Waals surface area contributed by atoms with Crippen LogP contribution in [-0.4, -0.2) is 37.6 Å². The standard InChI is InChI=1S/C14H19O4/c1-11(15)8-12-2-4-13(5-3-12)17-7-6-16-9-14-10-18-14/h2-5,14-15H,6-10H2,1H3. The molecule has 0 spiro atoms. The topological polar surface area (TPSA) is 51.2 Å². The largest absolute Gasteiger partial charge is 0.491 e. The van der Waals surface area contributed by atoms with Crippen molar-refractivity contribution in [2.45, 2.75) is 19.4 Å². The third kappa shape index (κ3) is 5.04. The van der Waals surface area contributed by atoms with Crippen molar-refractivity contribution in [2.75, 3.05) is 26.4 Å². The molecule has 18 heavy (non-hydrogen) atoms. The normalized spacial score (nSPS) is 18.1. The van der Waals surface area contributed by atoms with Crippen LogP contribution in [0.5, 0.6) is 5.75 Å². The second kappa shape index (κ2) is 6.73. The van der Waals surface area contributed by atoms with Gasteiger partial charge in [0.25, 0.3) is 0 Å². The summed E-state index contributed by atoms with van der Waals surface area (Å²) >= 11 is 0. The fraction of sp³-hybridized carbons (Fsp3) is 0.500. The van der Waals surface area contributed by atoms with Crippen molar-refractivity contribution in [1.82, 2.24) is 0 Å². The van der Waals surface area contributed by atoms with E-state index in [0.29, 0.717) is 38.4 Å². The zero-order chi connectivity index (χ0) is 12.8. The van der Waals surface area contributed by atoms with Gasteiger partial charge in [-0.3, -0.25) is 0 Å². The SMILES string of the molecule is C[C](O)Cc1ccc(OCCOCC2CO2)cc1. The van der Waals surface area contributed by atoms with Gasteiger partial charge in [0.1, 0.15) is 18.5 Å². The van der Waals surface area contributed by atoms with Crippen molar-refractivity contribution in [1.29, 1.82) is 0 Å². The number of aliphatic hydroxyl groups is 1. The molecule has 1 saturated heterocycles. The Balaban J connectivity index is 1.62. The van der Waals surface area contributed by atoms with Crippen molar-refractivity contribution in [2.24, 2.45) is 0 Å². The molecular weight excluding hydrogens is 232 g/mol. The lowest BCUT2D eigenvalue weighted by molar-refractivity contribution is 0.0878. The van der Waals surface area contributed by atoms with Gasteiger partial charge < -0.3 is 19.3 Å². The van der Waals surface area contributed by atoms with E-state index in [1.54, 1.807) is 6.92 Å². The summed E-state index contributed by atoms with van der Waals surface area (Å²) in [5.74, 6) is 0.820. The summed E-state index contributed by atoms with van der Waals surface area (Å²) in [5, 5.41) is 9.18. The average molecular weight is 251 g/mol. The Kier molecular flexibility index (Phi) is 4.99. The van der Waals surface area contributed by atoms with Gasteiger partial charge in [-0.2, -0.15) is 0 Å². The summed E-state index contributed by atoms with van der Waals surface area (Å²) < 4.78 is 15.9. The Morgan fingerprint density at radius 3 is 2.67 bits per heavy atom. The Bertz CT molecular complexity index is 343. The number of hydrogen-bond donors (Lipinski definition) is 1. The highest BCUT2D eigenvalue weighted by atomic mass is 16.6. The molecule has 0 saturated carbocycles. The van der Waals surface area contributed by atoms with Crippen LogP contribution < -0.4 is 4.74 Å². The van der Waals surface area contributed by atoms with E-state index in [0.717, 1.165) is 17.9 Å². The molecule has 1 aliphatic heterocycles. The highest BCUT2D eigenvalue weighted by Gasteiger charge is 2.21. The Hall–Kier alpha value is -1.10. The molecule has 1 heterocycles. The fourth-order valence-corrected chi connectivity index (χ4v) is 1.60. The van der Waals surface area contributed by atoms with E-state index < -0.39 is 0 Å². The zero-order valence-electron chi connectivity index (χ0n) is 10.6. The third-order valence-corrected chi connectivity index (χ3v) is 2.59. The lowest BCUT2D eigenvalue weighted by Gasteiger charge is -2.08. The maximum absolute atomic E-state index is 9.18. The minimum atomic E-state index is 0.308. The van der Waals surface area contributed by atoms with Crippen molar-refractivity contribution in [3.63, 3.8) is 0 Å². The zero-order valence-corrected chi connectivity index (χ0v) is 10.6.